The van der Waals surface area contributed by atoms with Crippen molar-refractivity contribution in [3.8, 4) is 0 Å². The molecule has 0 spiro atoms. The molecule has 0 aliphatic carbocycles. The Bertz CT molecular complexity index is 666. The molecule has 2 atom stereocenters. The first kappa shape index (κ1) is 16.2. The normalized spacial score (nSPS) is 26.8. The lowest BCUT2D eigenvalue weighted by atomic mass is 10.2. The molecule has 1 aromatic rings. The summed E-state index contributed by atoms with van der Waals surface area (Å²) in [6.07, 6.45) is 1.67. The number of sulfonamides is 1. The van der Waals surface area contributed by atoms with Crippen LogP contribution in [-0.4, -0.2) is 48.8 Å². The molecular weight excluding hydrogens is 327 g/mol. The van der Waals surface area contributed by atoms with E-state index in [1.807, 2.05) is 0 Å². The summed E-state index contributed by atoms with van der Waals surface area (Å²) in [5, 5.41) is 0.198. The molecule has 0 N–H and O–H groups in total. The number of piperazine rings is 1. The molecule has 1 aromatic carbocycles. The summed E-state index contributed by atoms with van der Waals surface area (Å²) in [5.41, 5.74) is 0. The Kier molecular flexibility index (Phi) is 4.22. The van der Waals surface area contributed by atoms with Crippen LogP contribution in [0.15, 0.2) is 23.1 Å². The van der Waals surface area contributed by atoms with Crippen molar-refractivity contribution in [1.29, 1.82) is 0 Å². The van der Waals surface area contributed by atoms with Crippen LogP contribution in [0.1, 0.15) is 26.7 Å². The largest absolute Gasteiger partial charge is 0.298 e. The van der Waals surface area contributed by atoms with Crippen molar-refractivity contribution in [3.63, 3.8) is 0 Å². The molecule has 2 fully saturated rings. The zero-order valence-corrected chi connectivity index (χ0v) is 14.2. The van der Waals surface area contributed by atoms with E-state index in [1.54, 1.807) is 0 Å². The molecule has 2 aliphatic heterocycles. The minimum absolute atomic E-state index is 0.0683. The van der Waals surface area contributed by atoms with Gasteiger partial charge in [-0.3, -0.25) is 4.90 Å². The van der Waals surface area contributed by atoms with Crippen LogP contribution in [0.3, 0.4) is 0 Å². The first-order valence-electron chi connectivity index (χ1n) is 7.53. The van der Waals surface area contributed by atoms with Crippen molar-refractivity contribution in [2.75, 3.05) is 13.1 Å². The summed E-state index contributed by atoms with van der Waals surface area (Å²) in [5.74, 6) is -0.779. The second kappa shape index (κ2) is 5.74. The third-order valence-electron chi connectivity index (χ3n) is 4.62. The molecule has 2 saturated heterocycles. The number of halogens is 2. The van der Waals surface area contributed by atoms with Gasteiger partial charge in [0.1, 0.15) is 10.7 Å². The van der Waals surface area contributed by atoms with Gasteiger partial charge in [0.15, 0.2) is 0 Å². The van der Waals surface area contributed by atoms with Crippen LogP contribution < -0.4 is 0 Å². The van der Waals surface area contributed by atoms with Crippen LogP contribution in [0.25, 0.3) is 0 Å². The van der Waals surface area contributed by atoms with Gasteiger partial charge in [0, 0.05) is 36.2 Å². The number of likely N-dealkylation sites (tertiary alicyclic amines) is 1. The Labute approximate surface area is 135 Å². The molecule has 4 nitrogen and oxygen atoms in total. The molecule has 7 heteroatoms. The van der Waals surface area contributed by atoms with Crippen molar-refractivity contribution in [2.45, 2.75) is 49.7 Å². The van der Waals surface area contributed by atoms with E-state index in [1.165, 1.54) is 16.4 Å². The second-order valence-corrected chi connectivity index (χ2v) is 8.59. The number of fused-ring (bicyclic) bond motifs is 2. The highest BCUT2D eigenvalue weighted by Gasteiger charge is 2.47. The van der Waals surface area contributed by atoms with E-state index in [4.69, 9.17) is 11.6 Å². The average molecular weight is 347 g/mol. The molecule has 0 radical (unpaired) electrons. The molecule has 2 aliphatic rings. The zero-order valence-electron chi connectivity index (χ0n) is 12.7. The summed E-state index contributed by atoms with van der Waals surface area (Å²) in [6, 6.07) is 3.99. The van der Waals surface area contributed by atoms with E-state index in [0.29, 0.717) is 19.1 Å². The van der Waals surface area contributed by atoms with Gasteiger partial charge in [-0.2, -0.15) is 4.31 Å². The van der Waals surface area contributed by atoms with Gasteiger partial charge in [-0.05, 0) is 44.9 Å². The summed E-state index contributed by atoms with van der Waals surface area (Å²) in [7, 11) is -3.82. The first-order chi connectivity index (χ1) is 10.3. The molecule has 0 aromatic heterocycles. The molecule has 22 heavy (non-hydrogen) atoms. The molecular formula is C15H20ClFN2O2S. The fourth-order valence-corrected chi connectivity index (χ4v) is 5.57. The Morgan fingerprint density at radius 2 is 1.82 bits per heavy atom. The highest BCUT2D eigenvalue weighted by atomic mass is 35.5. The molecule has 0 saturated carbocycles. The number of hydrogen-bond acceptors (Lipinski definition) is 3. The van der Waals surface area contributed by atoms with Crippen molar-refractivity contribution in [3.05, 3.63) is 29.0 Å². The summed E-state index contributed by atoms with van der Waals surface area (Å²) in [6.45, 7) is 5.65. The van der Waals surface area contributed by atoms with Gasteiger partial charge in [0.2, 0.25) is 10.0 Å². The van der Waals surface area contributed by atoms with E-state index in [0.717, 1.165) is 18.9 Å². The SMILES string of the molecule is CC(C)N1CC2CCC(C1)N2S(=O)(=O)c1ccc(Cl)cc1F. The third kappa shape index (κ3) is 2.66. The van der Waals surface area contributed by atoms with Crippen molar-refractivity contribution < 1.29 is 12.8 Å². The van der Waals surface area contributed by atoms with Gasteiger partial charge in [0.05, 0.1) is 0 Å². The lowest BCUT2D eigenvalue weighted by Gasteiger charge is -2.41. The molecule has 2 unspecified atom stereocenters. The maximum absolute atomic E-state index is 14.1. The Morgan fingerprint density at radius 1 is 1.23 bits per heavy atom. The number of rotatable bonds is 3. The summed E-state index contributed by atoms with van der Waals surface area (Å²) in [4.78, 5) is 2.03. The predicted molar refractivity (Wildman–Crippen MR) is 84.0 cm³/mol. The predicted octanol–water partition coefficient (Wildman–Crippen LogP) is 2.72. The maximum atomic E-state index is 14.1. The van der Waals surface area contributed by atoms with Crippen LogP contribution in [0.5, 0.6) is 0 Å². The Hall–Kier alpha value is -0.690. The van der Waals surface area contributed by atoms with Gasteiger partial charge in [-0.25, -0.2) is 12.8 Å². The van der Waals surface area contributed by atoms with Gasteiger partial charge < -0.3 is 0 Å². The van der Waals surface area contributed by atoms with Gasteiger partial charge in [0.25, 0.3) is 0 Å². The first-order valence-corrected chi connectivity index (χ1v) is 9.35. The lowest BCUT2D eigenvalue weighted by molar-refractivity contribution is 0.103. The average Bonchev–Trinajstić information content (AvgIpc) is 2.70. The van der Waals surface area contributed by atoms with E-state index < -0.39 is 15.8 Å². The smallest absolute Gasteiger partial charge is 0.246 e. The van der Waals surface area contributed by atoms with Crippen LogP contribution in [-0.2, 0) is 10.0 Å². The maximum Gasteiger partial charge on any atom is 0.246 e. The highest BCUT2D eigenvalue weighted by molar-refractivity contribution is 7.89. The van der Waals surface area contributed by atoms with E-state index >= 15 is 0 Å². The Morgan fingerprint density at radius 3 is 2.32 bits per heavy atom. The monoisotopic (exact) mass is 346 g/mol. The summed E-state index contributed by atoms with van der Waals surface area (Å²) >= 11 is 5.72. The van der Waals surface area contributed by atoms with Crippen LogP contribution in [0.2, 0.25) is 5.02 Å². The van der Waals surface area contributed by atoms with Gasteiger partial charge in [-0.1, -0.05) is 11.6 Å². The van der Waals surface area contributed by atoms with Crippen LogP contribution >= 0.6 is 11.6 Å². The fourth-order valence-electron chi connectivity index (χ4n) is 3.51. The third-order valence-corrected chi connectivity index (χ3v) is 6.90. The van der Waals surface area contributed by atoms with Gasteiger partial charge >= 0.3 is 0 Å². The number of hydrogen-bond donors (Lipinski definition) is 0. The van der Waals surface area contributed by atoms with E-state index in [9.17, 15) is 12.8 Å². The molecule has 122 valence electrons. The minimum Gasteiger partial charge on any atom is -0.298 e. The van der Waals surface area contributed by atoms with Crippen molar-refractivity contribution in [2.24, 2.45) is 0 Å². The standard InChI is InChI=1S/C15H20ClFN2O2S/c1-10(2)18-8-12-4-5-13(9-18)19(12)22(20,21)15-6-3-11(16)7-14(15)17/h3,6-7,10,12-13H,4-5,8-9H2,1-2H3. The van der Waals surface area contributed by atoms with Gasteiger partial charge in [-0.15, -0.1) is 0 Å². The van der Waals surface area contributed by atoms with Crippen LogP contribution in [0, 0.1) is 5.82 Å². The molecule has 3 rings (SSSR count). The zero-order chi connectivity index (χ0) is 16.1. The number of nitrogens with zero attached hydrogens (tertiary/aromatic N) is 2. The van der Waals surface area contributed by atoms with Crippen molar-refractivity contribution >= 4 is 21.6 Å². The Balaban J connectivity index is 1.94. The molecule has 0 amide bonds. The molecule has 2 heterocycles. The van der Waals surface area contributed by atoms with E-state index in [2.05, 4.69) is 18.7 Å². The lowest BCUT2D eigenvalue weighted by Crippen LogP contribution is -2.57. The van der Waals surface area contributed by atoms with Crippen LogP contribution in [0.4, 0.5) is 4.39 Å². The topological polar surface area (TPSA) is 40.6 Å². The van der Waals surface area contributed by atoms with Crippen molar-refractivity contribution in [1.82, 2.24) is 9.21 Å². The minimum atomic E-state index is -3.82. The second-order valence-electron chi connectivity index (χ2n) is 6.34. The fraction of sp³-hybridized carbons (Fsp3) is 0.600. The summed E-state index contributed by atoms with van der Waals surface area (Å²) < 4.78 is 41.4. The highest BCUT2D eigenvalue weighted by Crippen LogP contribution is 2.36. The molecule has 2 bridgehead atoms. The quantitative estimate of drug-likeness (QED) is 0.845. The van der Waals surface area contributed by atoms with E-state index in [-0.39, 0.29) is 22.0 Å². The number of benzene rings is 1.